The highest BCUT2D eigenvalue weighted by Gasteiger charge is 2.23. The SMILES string of the molecule is CCCC(C)(CCl)Cc1ccccc1Cl. The van der Waals surface area contributed by atoms with Crippen molar-refractivity contribution in [2.45, 2.75) is 33.1 Å². The van der Waals surface area contributed by atoms with Gasteiger partial charge in [0.25, 0.3) is 0 Å². The average Bonchev–Trinajstić information content (AvgIpc) is 2.22. The highest BCUT2D eigenvalue weighted by Crippen LogP contribution is 2.32. The minimum absolute atomic E-state index is 0.168. The summed E-state index contributed by atoms with van der Waals surface area (Å²) in [6.07, 6.45) is 3.26. The normalized spacial score (nSPS) is 14.9. The summed E-state index contributed by atoms with van der Waals surface area (Å²) in [5.74, 6) is 0.687. The van der Waals surface area contributed by atoms with E-state index in [1.54, 1.807) is 0 Å². The lowest BCUT2D eigenvalue weighted by molar-refractivity contribution is 0.335. The molecule has 0 saturated carbocycles. The van der Waals surface area contributed by atoms with E-state index in [9.17, 15) is 0 Å². The minimum atomic E-state index is 0.168. The molecule has 1 rings (SSSR count). The molecule has 1 aromatic carbocycles. The fourth-order valence-corrected chi connectivity index (χ4v) is 2.34. The van der Waals surface area contributed by atoms with Crippen molar-refractivity contribution in [2.24, 2.45) is 5.41 Å². The Labute approximate surface area is 103 Å². The Bertz CT molecular complexity index is 309. The first-order chi connectivity index (χ1) is 7.11. The van der Waals surface area contributed by atoms with Crippen molar-refractivity contribution in [3.8, 4) is 0 Å². The number of alkyl halides is 1. The van der Waals surface area contributed by atoms with E-state index < -0.39 is 0 Å². The zero-order chi connectivity index (χ0) is 11.3. The molecule has 0 aliphatic carbocycles. The Balaban J connectivity index is 2.79. The van der Waals surface area contributed by atoms with Crippen LogP contribution in [0.1, 0.15) is 32.3 Å². The van der Waals surface area contributed by atoms with E-state index in [4.69, 9.17) is 23.2 Å². The van der Waals surface area contributed by atoms with E-state index in [0.717, 1.165) is 24.3 Å². The molecule has 0 N–H and O–H groups in total. The molecule has 15 heavy (non-hydrogen) atoms. The predicted molar refractivity (Wildman–Crippen MR) is 68.9 cm³/mol. The first kappa shape index (κ1) is 12.9. The summed E-state index contributed by atoms with van der Waals surface area (Å²) in [4.78, 5) is 0. The third-order valence-electron chi connectivity index (χ3n) is 2.75. The molecule has 0 radical (unpaired) electrons. The summed E-state index contributed by atoms with van der Waals surface area (Å²) < 4.78 is 0. The molecule has 0 amide bonds. The molecular formula is C13H18Cl2. The number of hydrogen-bond donors (Lipinski definition) is 0. The molecular weight excluding hydrogens is 227 g/mol. The number of halogens is 2. The molecule has 2 heteroatoms. The Morgan fingerprint density at radius 1 is 1.27 bits per heavy atom. The lowest BCUT2D eigenvalue weighted by Gasteiger charge is -2.27. The molecule has 0 heterocycles. The van der Waals surface area contributed by atoms with Crippen LogP contribution in [0.3, 0.4) is 0 Å². The molecule has 1 aromatic rings. The first-order valence-corrected chi connectivity index (χ1v) is 6.32. The Morgan fingerprint density at radius 2 is 1.93 bits per heavy atom. The van der Waals surface area contributed by atoms with E-state index in [-0.39, 0.29) is 5.41 Å². The summed E-state index contributed by atoms with van der Waals surface area (Å²) in [5.41, 5.74) is 1.37. The van der Waals surface area contributed by atoms with Crippen molar-refractivity contribution >= 4 is 23.2 Å². The monoisotopic (exact) mass is 244 g/mol. The van der Waals surface area contributed by atoms with Crippen molar-refractivity contribution in [2.75, 3.05) is 5.88 Å². The van der Waals surface area contributed by atoms with Crippen LogP contribution in [0.4, 0.5) is 0 Å². The average molecular weight is 245 g/mol. The van der Waals surface area contributed by atoms with E-state index in [0.29, 0.717) is 5.88 Å². The van der Waals surface area contributed by atoms with Crippen LogP contribution < -0.4 is 0 Å². The number of hydrogen-bond acceptors (Lipinski definition) is 0. The summed E-state index contributed by atoms with van der Waals surface area (Å²) in [7, 11) is 0. The van der Waals surface area contributed by atoms with Gasteiger partial charge in [-0.1, -0.05) is 50.1 Å². The largest absolute Gasteiger partial charge is 0.126 e. The van der Waals surface area contributed by atoms with Gasteiger partial charge in [0.2, 0.25) is 0 Å². The molecule has 0 saturated heterocycles. The van der Waals surface area contributed by atoms with Crippen molar-refractivity contribution in [3.05, 3.63) is 34.9 Å². The van der Waals surface area contributed by atoms with Crippen LogP contribution in [-0.4, -0.2) is 5.88 Å². The molecule has 0 spiro atoms. The van der Waals surface area contributed by atoms with E-state index in [1.165, 1.54) is 5.56 Å². The standard InChI is InChI=1S/C13H18Cl2/c1-3-8-13(2,10-14)9-11-6-4-5-7-12(11)15/h4-7H,3,8-10H2,1-2H3. The second-order valence-corrected chi connectivity index (χ2v) is 5.14. The maximum absolute atomic E-state index is 6.14. The molecule has 0 bridgehead atoms. The van der Waals surface area contributed by atoms with Gasteiger partial charge in [-0.25, -0.2) is 0 Å². The van der Waals surface area contributed by atoms with Gasteiger partial charge in [-0.15, -0.1) is 11.6 Å². The van der Waals surface area contributed by atoms with Crippen LogP contribution in [0.25, 0.3) is 0 Å². The third-order valence-corrected chi connectivity index (χ3v) is 3.77. The van der Waals surface area contributed by atoms with Crippen molar-refractivity contribution in [1.29, 1.82) is 0 Å². The predicted octanol–water partition coefficient (Wildman–Crippen LogP) is 4.93. The number of rotatable bonds is 5. The topological polar surface area (TPSA) is 0 Å². The lowest BCUT2D eigenvalue weighted by atomic mass is 9.81. The van der Waals surface area contributed by atoms with Crippen LogP contribution in [0.5, 0.6) is 0 Å². The molecule has 0 nitrogen and oxygen atoms in total. The van der Waals surface area contributed by atoms with Crippen LogP contribution in [0.15, 0.2) is 24.3 Å². The Morgan fingerprint density at radius 3 is 2.47 bits per heavy atom. The maximum Gasteiger partial charge on any atom is 0.0438 e. The van der Waals surface area contributed by atoms with Crippen LogP contribution in [0, 0.1) is 5.41 Å². The molecule has 0 aliphatic rings. The lowest BCUT2D eigenvalue weighted by Crippen LogP contribution is -2.21. The highest BCUT2D eigenvalue weighted by molar-refractivity contribution is 6.31. The van der Waals surface area contributed by atoms with Gasteiger partial charge in [0.05, 0.1) is 0 Å². The summed E-state index contributed by atoms with van der Waals surface area (Å²) >= 11 is 12.2. The van der Waals surface area contributed by atoms with Crippen molar-refractivity contribution in [3.63, 3.8) is 0 Å². The second-order valence-electron chi connectivity index (χ2n) is 4.46. The zero-order valence-electron chi connectivity index (χ0n) is 9.39. The summed E-state index contributed by atoms with van der Waals surface area (Å²) in [6, 6.07) is 8.02. The Hall–Kier alpha value is -0.200. The van der Waals surface area contributed by atoms with Gasteiger partial charge in [0.15, 0.2) is 0 Å². The van der Waals surface area contributed by atoms with Crippen LogP contribution in [-0.2, 0) is 6.42 Å². The van der Waals surface area contributed by atoms with Gasteiger partial charge in [-0.05, 0) is 29.9 Å². The molecule has 1 unspecified atom stereocenters. The van der Waals surface area contributed by atoms with Gasteiger partial charge >= 0.3 is 0 Å². The molecule has 0 aliphatic heterocycles. The van der Waals surface area contributed by atoms with E-state index >= 15 is 0 Å². The fourth-order valence-electron chi connectivity index (χ4n) is 1.91. The van der Waals surface area contributed by atoms with Crippen molar-refractivity contribution < 1.29 is 0 Å². The second kappa shape index (κ2) is 5.77. The van der Waals surface area contributed by atoms with Gasteiger partial charge in [0.1, 0.15) is 0 Å². The van der Waals surface area contributed by atoms with E-state index in [1.807, 2.05) is 18.2 Å². The molecule has 84 valence electrons. The molecule has 1 atom stereocenters. The Kier molecular flexibility index (Phi) is 4.95. The van der Waals surface area contributed by atoms with Gasteiger partial charge in [-0.3, -0.25) is 0 Å². The maximum atomic E-state index is 6.14. The van der Waals surface area contributed by atoms with Crippen LogP contribution >= 0.6 is 23.2 Å². The first-order valence-electron chi connectivity index (χ1n) is 5.40. The summed E-state index contributed by atoms with van der Waals surface area (Å²) in [6.45, 7) is 4.42. The smallest absolute Gasteiger partial charge is 0.0438 e. The van der Waals surface area contributed by atoms with Gasteiger partial charge < -0.3 is 0 Å². The third kappa shape index (κ3) is 3.70. The van der Waals surface area contributed by atoms with Gasteiger partial charge in [-0.2, -0.15) is 0 Å². The zero-order valence-corrected chi connectivity index (χ0v) is 10.9. The fraction of sp³-hybridized carbons (Fsp3) is 0.538. The van der Waals surface area contributed by atoms with Crippen molar-refractivity contribution in [1.82, 2.24) is 0 Å². The molecule has 0 fully saturated rings. The highest BCUT2D eigenvalue weighted by atomic mass is 35.5. The van der Waals surface area contributed by atoms with Gasteiger partial charge in [0, 0.05) is 10.9 Å². The van der Waals surface area contributed by atoms with E-state index in [2.05, 4.69) is 19.9 Å². The van der Waals surface area contributed by atoms with Crippen LogP contribution in [0.2, 0.25) is 5.02 Å². The molecule has 0 aromatic heterocycles. The quantitative estimate of drug-likeness (QED) is 0.645. The number of benzene rings is 1. The minimum Gasteiger partial charge on any atom is -0.126 e. The summed E-state index contributed by atoms with van der Waals surface area (Å²) in [5, 5.41) is 0.852.